The second-order valence-corrected chi connectivity index (χ2v) is 7.80. The number of likely N-dealkylation sites (tertiary alicyclic amines) is 1. The van der Waals surface area contributed by atoms with Gasteiger partial charge in [-0.15, -0.1) is 0 Å². The van der Waals surface area contributed by atoms with Gasteiger partial charge in [-0.1, -0.05) is 6.42 Å². The second-order valence-electron chi connectivity index (χ2n) is 7.80. The maximum absolute atomic E-state index is 13.4. The van der Waals surface area contributed by atoms with Crippen molar-refractivity contribution in [3.63, 3.8) is 0 Å². The molecule has 150 valence electrons. The van der Waals surface area contributed by atoms with Gasteiger partial charge in [-0.05, 0) is 45.0 Å². The summed E-state index contributed by atoms with van der Waals surface area (Å²) in [6.07, 6.45) is 9.31. The van der Waals surface area contributed by atoms with E-state index in [1.165, 1.54) is 19.3 Å². The van der Waals surface area contributed by atoms with Crippen LogP contribution in [0.2, 0.25) is 0 Å². The van der Waals surface area contributed by atoms with Crippen molar-refractivity contribution < 1.29 is 9.53 Å². The Balaban J connectivity index is 1.63. The van der Waals surface area contributed by atoms with Crippen molar-refractivity contribution in [2.45, 2.75) is 38.3 Å². The first-order valence-corrected chi connectivity index (χ1v) is 10.2. The maximum Gasteiger partial charge on any atom is 0.256 e. The molecule has 0 saturated carbocycles. The fraction of sp³-hybridized carbons (Fsp3) is 0.571. The van der Waals surface area contributed by atoms with Crippen LogP contribution in [-0.4, -0.2) is 69.4 Å². The molecule has 0 N–H and O–H groups in total. The summed E-state index contributed by atoms with van der Waals surface area (Å²) in [5.74, 6) is 0.0198. The van der Waals surface area contributed by atoms with Crippen molar-refractivity contribution in [1.29, 1.82) is 0 Å². The van der Waals surface area contributed by atoms with E-state index in [2.05, 4.69) is 15.0 Å². The molecule has 0 radical (unpaired) electrons. The zero-order valence-electron chi connectivity index (χ0n) is 16.8. The summed E-state index contributed by atoms with van der Waals surface area (Å²) in [6.45, 7) is 6.07. The molecule has 28 heavy (non-hydrogen) atoms. The number of rotatable bonds is 4. The Morgan fingerprint density at radius 1 is 1.25 bits per heavy atom. The van der Waals surface area contributed by atoms with Crippen LogP contribution in [0.25, 0.3) is 0 Å². The van der Waals surface area contributed by atoms with Crippen LogP contribution >= 0.6 is 0 Å². The maximum atomic E-state index is 13.4. The third-order valence-corrected chi connectivity index (χ3v) is 5.80. The van der Waals surface area contributed by atoms with E-state index in [9.17, 15) is 4.79 Å². The monoisotopic (exact) mass is 383 g/mol. The molecule has 2 aliphatic heterocycles. The van der Waals surface area contributed by atoms with Crippen LogP contribution in [0.1, 0.15) is 46.9 Å². The number of aromatic nitrogens is 3. The standard InChI is InChI=1S/C21H29N5O2/c1-16-18(7-6-8-22-16)21(27)26-11-12-28-19(15-25-9-4-3-5-10-25)20(26)17-13-23-24(2)14-17/h6-8,13-14,19-20H,3-5,9-12,15H2,1-2H3/t19-,20-/m0/s1. The number of hydrogen-bond acceptors (Lipinski definition) is 5. The summed E-state index contributed by atoms with van der Waals surface area (Å²) in [5.41, 5.74) is 2.45. The van der Waals surface area contributed by atoms with Gasteiger partial charge in [-0.2, -0.15) is 5.10 Å². The first-order chi connectivity index (χ1) is 13.6. The largest absolute Gasteiger partial charge is 0.373 e. The van der Waals surface area contributed by atoms with Gasteiger partial charge >= 0.3 is 0 Å². The molecule has 4 rings (SSSR count). The Morgan fingerprint density at radius 2 is 2.07 bits per heavy atom. The van der Waals surface area contributed by atoms with Gasteiger partial charge in [-0.3, -0.25) is 14.5 Å². The van der Waals surface area contributed by atoms with Gasteiger partial charge in [0.25, 0.3) is 5.91 Å². The molecule has 2 saturated heterocycles. The Bertz CT molecular complexity index is 815. The predicted octanol–water partition coefficient (Wildman–Crippen LogP) is 2.19. The Labute approximate surface area is 166 Å². The van der Waals surface area contributed by atoms with Gasteiger partial charge in [-0.25, -0.2) is 0 Å². The number of hydrogen-bond donors (Lipinski definition) is 0. The van der Waals surface area contributed by atoms with E-state index in [-0.39, 0.29) is 18.1 Å². The van der Waals surface area contributed by atoms with Crippen LogP contribution in [0, 0.1) is 6.92 Å². The molecule has 2 aliphatic rings. The molecule has 2 aromatic heterocycles. The normalized spacial score (nSPS) is 23.7. The molecule has 0 aliphatic carbocycles. The quantitative estimate of drug-likeness (QED) is 0.810. The summed E-state index contributed by atoms with van der Waals surface area (Å²) in [6, 6.07) is 3.54. The van der Waals surface area contributed by atoms with Crippen LogP contribution in [0.5, 0.6) is 0 Å². The molecule has 1 amide bonds. The predicted molar refractivity (Wildman–Crippen MR) is 106 cm³/mol. The van der Waals surface area contributed by atoms with Crippen molar-refractivity contribution in [3.05, 3.63) is 47.5 Å². The SMILES string of the molecule is Cc1ncccc1C(=O)N1CCO[C@@H](CN2CCCCC2)[C@@H]1c1cnn(C)c1. The van der Waals surface area contributed by atoms with Crippen LogP contribution < -0.4 is 0 Å². The molecule has 7 nitrogen and oxygen atoms in total. The lowest BCUT2D eigenvalue weighted by Crippen LogP contribution is -2.52. The number of aryl methyl sites for hydroxylation is 2. The minimum absolute atomic E-state index is 0.0198. The number of carbonyl (C=O) groups is 1. The Kier molecular flexibility index (Phi) is 5.73. The zero-order valence-corrected chi connectivity index (χ0v) is 16.8. The van der Waals surface area contributed by atoms with Crippen molar-refractivity contribution in [3.8, 4) is 0 Å². The molecule has 2 aromatic rings. The average Bonchev–Trinajstić information content (AvgIpc) is 3.14. The van der Waals surface area contributed by atoms with Gasteiger partial charge < -0.3 is 14.5 Å². The van der Waals surface area contributed by atoms with E-state index >= 15 is 0 Å². The molecular formula is C21H29N5O2. The number of nitrogens with zero attached hydrogens (tertiary/aromatic N) is 5. The highest BCUT2D eigenvalue weighted by Crippen LogP contribution is 2.32. The van der Waals surface area contributed by atoms with E-state index in [0.717, 1.165) is 30.9 Å². The van der Waals surface area contributed by atoms with E-state index in [4.69, 9.17) is 4.74 Å². The van der Waals surface area contributed by atoms with Crippen LogP contribution in [-0.2, 0) is 11.8 Å². The zero-order chi connectivity index (χ0) is 19.5. The lowest BCUT2D eigenvalue weighted by molar-refractivity contribution is -0.0742. The number of piperidine rings is 1. The van der Waals surface area contributed by atoms with Gasteiger partial charge in [0.1, 0.15) is 0 Å². The fourth-order valence-electron chi connectivity index (χ4n) is 4.36. The van der Waals surface area contributed by atoms with E-state index < -0.39 is 0 Å². The average molecular weight is 383 g/mol. The van der Waals surface area contributed by atoms with E-state index in [0.29, 0.717) is 18.7 Å². The van der Waals surface area contributed by atoms with Crippen LogP contribution in [0.4, 0.5) is 0 Å². The molecule has 2 atom stereocenters. The Hall–Kier alpha value is -2.25. The number of amides is 1. The highest BCUT2D eigenvalue weighted by molar-refractivity contribution is 5.95. The molecule has 0 unspecified atom stereocenters. The lowest BCUT2D eigenvalue weighted by Gasteiger charge is -2.43. The first-order valence-electron chi connectivity index (χ1n) is 10.2. The summed E-state index contributed by atoms with van der Waals surface area (Å²) in [4.78, 5) is 22.2. The minimum atomic E-state index is -0.142. The summed E-state index contributed by atoms with van der Waals surface area (Å²) in [5, 5.41) is 4.35. The molecule has 4 heterocycles. The minimum Gasteiger partial charge on any atom is -0.373 e. The number of pyridine rings is 1. The fourth-order valence-corrected chi connectivity index (χ4v) is 4.36. The summed E-state index contributed by atoms with van der Waals surface area (Å²) >= 11 is 0. The Morgan fingerprint density at radius 3 is 2.79 bits per heavy atom. The molecule has 2 fully saturated rings. The second kappa shape index (κ2) is 8.41. The lowest BCUT2D eigenvalue weighted by atomic mass is 9.98. The first kappa shape index (κ1) is 19.1. The molecule has 7 heteroatoms. The summed E-state index contributed by atoms with van der Waals surface area (Å²) < 4.78 is 8.01. The topological polar surface area (TPSA) is 63.5 Å². The molecule has 0 bridgehead atoms. The van der Waals surface area contributed by atoms with Crippen molar-refractivity contribution in [2.75, 3.05) is 32.8 Å². The third-order valence-electron chi connectivity index (χ3n) is 5.80. The van der Waals surface area contributed by atoms with E-state index in [1.54, 1.807) is 10.9 Å². The van der Waals surface area contributed by atoms with Gasteiger partial charge in [0, 0.05) is 43.8 Å². The van der Waals surface area contributed by atoms with Gasteiger partial charge in [0.2, 0.25) is 0 Å². The van der Waals surface area contributed by atoms with Crippen LogP contribution in [0.15, 0.2) is 30.7 Å². The highest BCUT2D eigenvalue weighted by atomic mass is 16.5. The van der Waals surface area contributed by atoms with Crippen molar-refractivity contribution in [1.82, 2.24) is 24.6 Å². The summed E-state index contributed by atoms with van der Waals surface area (Å²) in [7, 11) is 1.91. The molecular weight excluding hydrogens is 354 g/mol. The third kappa shape index (κ3) is 3.95. The smallest absolute Gasteiger partial charge is 0.256 e. The highest BCUT2D eigenvalue weighted by Gasteiger charge is 2.38. The van der Waals surface area contributed by atoms with Gasteiger partial charge in [0.15, 0.2) is 0 Å². The van der Waals surface area contributed by atoms with Crippen molar-refractivity contribution in [2.24, 2.45) is 7.05 Å². The molecule has 0 aromatic carbocycles. The number of carbonyl (C=O) groups excluding carboxylic acids is 1. The molecule has 0 spiro atoms. The number of ether oxygens (including phenoxy) is 1. The van der Waals surface area contributed by atoms with Crippen LogP contribution in [0.3, 0.4) is 0 Å². The van der Waals surface area contributed by atoms with E-state index in [1.807, 2.05) is 43.4 Å². The number of morpholine rings is 1. The van der Waals surface area contributed by atoms with Crippen molar-refractivity contribution >= 4 is 5.91 Å². The van der Waals surface area contributed by atoms with Gasteiger partial charge in [0.05, 0.1) is 30.5 Å².